The standard InChI is InChI=1S/C15H17N5O2/c1-9-12(10(2)22-19-9)8-20-6-4-13(18-20)17-15-14(21-15)11-3-5-16-7-11/h3-7,14-16H,8H2,1-2H3,(H,17,18). The highest BCUT2D eigenvalue weighted by atomic mass is 16.6. The second kappa shape index (κ2) is 5.03. The van der Waals surface area contributed by atoms with Gasteiger partial charge in [-0.2, -0.15) is 5.10 Å². The number of aromatic amines is 1. The van der Waals surface area contributed by atoms with Gasteiger partial charge in [0.25, 0.3) is 0 Å². The van der Waals surface area contributed by atoms with Crippen LogP contribution in [0.15, 0.2) is 35.2 Å². The summed E-state index contributed by atoms with van der Waals surface area (Å²) in [5.41, 5.74) is 3.12. The Morgan fingerprint density at radius 1 is 1.36 bits per heavy atom. The molecule has 0 bridgehead atoms. The summed E-state index contributed by atoms with van der Waals surface area (Å²) in [7, 11) is 0. The van der Waals surface area contributed by atoms with Gasteiger partial charge >= 0.3 is 0 Å². The zero-order valence-corrected chi connectivity index (χ0v) is 12.4. The molecule has 0 spiro atoms. The predicted molar refractivity (Wildman–Crippen MR) is 79.3 cm³/mol. The third-order valence-electron chi connectivity index (χ3n) is 3.87. The Balaban J connectivity index is 1.40. The van der Waals surface area contributed by atoms with Gasteiger partial charge < -0.3 is 19.6 Å². The molecule has 4 rings (SSSR count). The van der Waals surface area contributed by atoms with E-state index in [1.54, 1.807) is 0 Å². The molecule has 7 heteroatoms. The summed E-state index contributed by atoms with van der Waals surface area (Å²) in [6.07, 6.45) is 5.86. The zero-order valence-electron chi connectivity index (χ0n) is 12.4. The molecule has 2 N–H and O–H groups in total. The zero-order chi connectivity index (χ0) is 15.1. The van der Waals surface area contributed by atoms with Gasteiger partial charge in [-0.1, -0.05) is 5.16 Å². The number of aromatic nitrogens is 4. The number of hydrogen-bond donors (Lipinski definition) is 2. The van der Waals surface area contributed by atoms with Gasteiger partial charge in [0, 0.05) is 35.8 Å². The fourth-order valence-electron chi connectivity index (χ4n) is 2.55. The highest BCUT2D eigenvalue weighted by molar-refractivity contribution is 5.36. The molecule has 4 heterocycles. The largest absolute Gasteiger partial charge is 0.367 e. The first-order valence-corrected chi connectivity index (χ1v) is 7.20. The van der Waals surface area contributed by atoms with Crippen molar-refractivity contribution >= 4 is 5.82 Å². The molecule has 1 saturated heterocycles. The smallest absolute Gasteiger partial charge is 0.160 e. The number of hydrogen-bond acceptors (Lipinski definition) is 5. The van der Waals surface area contributed by atoms with E-state index in [0.29, 0.717) is 6.54 Å². The maximum absolute atomic E-state index is 5.61. The van der Waals surface area contributed by atoms with Crippen LogP contribution in [-0.4, -0.2) is 26.1 Å². The highest BCUT2D eigenvalue weighted by Gasteiger charge is 2.40. The van der Waals surface area contributed by atoms with Gasteiger partial charge in [-0.15, -0.1) is 0 Å². The molecule has 0 aliphatic carbocycles. The summed E-state index contributed by atoms with van der Waals surface area (Å²) >= 11 is 0. The first-order chi connectivity index (χ1) is 10.7. The van der Waals surface area contributed by atoms with E-state index in [4.69, 9.17) is 9.26 Å². The molecule has 22 heavy (non-hydrogen) atoms. The first kappa shape index (κ1) is 13.1. The Bertz CT molecular complexity index is 754. The summed E-state index contributed by atoms with van der Waals surface area (Å²) in [6, 6.07) is 3.95. The van der Waals surface area contributed by atoms with Gasteiger partial charge in [-0.05, 0) is 19.9 Å². The van der Waals surface area contributed by atoms with E-state index in [-0.39, 0.29) is 12.3 Å². The summed E-state index contributed by atoms with van der Waals surface area (Å²) < 4.78 is 12.7. The number of nitrogens with zero attached hydrogens (tertiary/aromatic N) is 3. The van der Waals surface area contributed by atoms with Crippen LogP contribution in [0.25, 0.3) is 0 Å². The molecule has 0 saturated carbocycles. The minimum Gasteiger partial charge on any atom is -0.367 e. The number of epoxide rings is 1. The molecular weight excluding hydrogens is 282 g/mol. The third kappa shape index (κ3) is 2.39. The van der Waals surface area contributed by atoms with Crippen LogP contribution in [-0.2, 0) is 11.3 Å². The van der Waals surface area contributed by atoms with E-state index in [2.05, 4.69) is 20.6 Å². The van der Waals surface area contributed by atoms with Crippen LogP contribution in [0.4, 0.5) is 5.82 Å². The van der Waals surface area contributed by atoms with Crippen LogP contribution in [0.2, 0.25) is 0 Å². The number of H-pyrrole nitrogens is 1. The van der Waals surface area contributed by atoms with Crippen molar-refractivity contribution < 1.29 is 9.26 Å². The topological polar surface area (TPSA) is 84.2 Å². The van der Waals surface area contributed by atoms with E-state index in [1.165, 1.54) is 0 Å². The average molecular weight is 299 g/mol. The quantitative estimate of drug-likeness (QED) is 0.707. The van der Waals surface area contributed by atoms with Crippen molar-refractivity contribution in [1.82, 2.24) is 19.9 Å². The minimum atomic E-state index is -0.0155. The Kier molecular flexibility index (Phi) is 3.00. The molecule has 3 aromatic rings. The lowest BCUT2D eigenvalue weighted by Crippen LogP contribution is -2.07. The number of ether oxygens (including phenoxy) is 1. The minimum absolute atomic E-state index is 0.0155. The van der Waals surface area contributed by atoms with Crippen LogP contribution in [0.1, 0.15) is 28.7 Å². The van der Waals surface area contributed by atoms with Gasteiger partial charge in [0.15, 0.2) is 6.23 Å². The van der Waals surface area contributed by atoms with E-state index < -0.39 is 0 Å². The monoisotopic (exact) mass is 299 g/mol. The predicted octanol–water partition coefficient (Wildman–Crippen LogP) is 2.37. The summed E-state index contributed by atoms with van der Waals surface area (Å²) in [5, 5.41) is 11.7. The van der Waals surface area contributed by atoms with E-state index in [1.807, 2.05) is 49.3 Å². The van der Waals surface area contributed by atoms with Crippen molar-refractivity contribution in [2.45, 2.75) is 32.7 Å². The molecule has 1 aliphatic heterocycles. The summed E-state index contributed by atoms with van der Waals surface area (Å²) in [4.78, 5) is 3.03. The van der Waals surface area contributed by atoms with Gasteiger partial charge in [0.2, 0.25) is 0 Å². The molecule has 0 radical (unpaired) electrons. The lowest BCUT2D eigenvalue weighted by atomic mass is 10.2. The first-order valence-electron chi connectivity index (χ1n) is 7.20. The lowest BCUT2D eigenvalue weighted by molar-refractivity contribution is 0.386. The molecule has 7 nitrogen and oxygen atoms in total. The number of aryl methyl sites for hydroxylation is 2. The highest BCUT2D eigenvalue weighted by Crippen LogP contribution is 2.38. The molecule has 2 atom stereocenters. The molecule has 1 fully saturated rings. The molecule has 114 valence electrons. The number of nitrogens with one attached hydrogen (secondary N) is 2. The molecule has 0 amide bonds. The maximum Gasteiger partial charge on any atom is 0.160 e. The van der Waals surface area contributed by atoms with E-state index >= 15 is 0 Å². The van der Waals surface area contributed by atoms with Crippen molar-refractivity contribution in [1.29, 1.82) is 0 Å². The van der Waals surface area contributed by atoms with Crippen LogP contribution in [0, 0.1) is 13.8 Å². The molecule has 2 unspecified atom stereocenters. The van der Waals surface area contributed by atoms with Crippen molar-refractivity contribution in [3.8, 4) is 0 Å². The Morgan fingerprint density at radius 2 is 2.27 bits per heavy atom. The van der Waals surface area contributed by atoms with Gasteiger partial charge in [-0.3, -0.25) is 4.68 Å². The molecule has 1 aliphatic rings. The Labute approximate surface area is 127 Å². The van der Waals surface area contributed by atoms with Crippen LogP contribution < -0.4 is 5.32 Å². The fraction of sp³-hybridized carbons (Fsp3) is 0.333. The van der Waals surface area contributed by atoms with Crippen molar-refractivity contribution in [3.63, 3.8) is 0 Å². The normalized spacial score (nSPS) is 20.3. The second-order valence-corrected chi connectivity index (χ2v) is 5.47. The molecular formula is C15H17N5O2. The summed E-state index contributed by atoms with van der Waals surface area (Å²) in [5.74, 6) is 1.63. The molecule has 0 aromatic carbocycles. The third-order valence-corrected chi connectivity index (χ3v) is 3.87. The van der Waals surface area contributed by atoms with Gasteiger partial charge in [0.05, 0.1) is 12.2 Å². The number of anilines is 1. The van der Waals surface area contributed by atoms with Crippen molar-refractivity contribution in [3.05, 3.63) is 53.3 Å². The van der Waals surface area contributed by atoms with E-state index in [9.17, 15) is 0 Å². The van der Waals surface area contributed by atoms with Crippen LogP contribution in [0.3, 0.4) is 0 Å². The summed E-state index contributed by atoms with van der Waals surface area (Å²) in [6.45, 7) is 4.50. The second-order valence-electron chi connectivity index (χ2n) is 5.47. The van der Waals surface area contributed by atoms with Crippen molar-refractivity contribution in [2.24, 2.45) is 0 Å². The maximum atomic E-state index is 5.61. The average Bonchev–Trinajstić information content (AvgIpc) is 2.90. The Hall–Kier alpha value is -2.54. The van der Waals surface area contributed by atoms with Gasteiger partial charge in [-0.25, -0.2) is 0 Å². The Morgan fingerprint density at radius 3 is 3.00 bits per heavy atom. The van der Waals surface area contributed by atoms with Gasteiger partial charge in [0.1, 0.15) is 17.7 Å². The van der Waals surface area contributed by atoms with E-state index in [0.717, 1.165) is 28.4 Å². The fourth-order valence-corrected chi connectivity index (χ4v) is 2.55. The van der Waals surface area contributed by atoms with Crippen LogP contribution in [0.5, 0.6) is 0 Å². The number of rotatable bonds is 5. The SMILES string of the molecule is Cc1noc(C)c1Cn1ccc(NC2OC2c2cc[nH]c2)n1. The molecule has 3 aromatic heterocycles. The van der Waals surface area contributed by atoms with Crippen molar-refractivity contribution in [2.75, 3.05) is 5.32 Å². The van der Waals surface area contributed by atoms with Crippen LogP contribution >= 0.6 is 0 Å². The lowest BCUT2D eigenvalue weighted by Gasteiger charge is -2.01.